The number of rotatable bonds is 5. The van der Waals surface area contributed by atoms with Gasteiger partial charge in [-0.05, 0) is 27.2 Å². The Hall–Kier alpha value is -2.71. The number of nitrogens with zero attached hydrogens (tertiary/aromatic N) is 4. The third kappa shape index (κ3) is 3.61. The first-order valence-electron chi connectivity index (χ1n) is 8.62. The fourth-order valence-corrected chi connectivity index (χ4v) is 3.34. The number of hydrogen-bond donors (Lipinski definition) is 1. The summed E-state index contributed by atoms with van der Waals surface area (Å²) in [6.45, 7) is 8.17. The Bertz CT molecular complexity index is 792. The lowest BCUT2D eigenvalue weighted by molar-refractivity contribution is -0.128. The maximum atomic E-state index is 12.7. The fraction of sp³-hybridized carbons (Fsp3) is 0.588. The van der Waals surface area contributed by atoms with Crippen molar-refractivity contribution in [1.82, 2.24) is 25.5 Å². The molecule has 0 bridgehead atoms. The molecule has 2 unspecified atom stereocenters. The fourth-order valence-electron chi connectivity index (χ4n) is 3.34. The van der Waals surface area contributed by atoms with E-state index < -0.39 is 5.92 Å². The van der Waals surface area contributed by atoms with Crippen molar-refractivity contribution in [3.8, 4) is 0 Å². The highest BCUT2D eigenvalue weighted by Gasteiger charge is 2.42. The third-order valence-electron chi connectivity index (χ3n) is 4.82. The lowest BCUT2D eigenvalue weighted by Gasteiger charge is -2.15. The number of likely N-dealkylation sites (tertiary alicyclic amines) is 1. The second-order valence-corrected chi connectivity index (χ2v) is 6.66. The Labute approximate surface area is 151 Å². The Morgan fingerprint density at radius 1 is 1.19 bits per heavy atom. The van der Waals surface area contributed by atoms with Crippen LogP contribution in [0.1, 0.15) is 41.6 Å². The number of hydrogen-bond acceptors (Lipinski definition) is 7. The Morgan fingerprint density at radius 2 is 1.96 bits per heavy atom. The first kappa shape index (κ1) is 18.1. The van der Waals surface area contributed by atoms with Crippen LogP contribution in [0.15, 0.2) is 9.05 Å². The van der Waals surface area contributed by atoms with E-state index in [4.69, 9.17) is 9.05 Å². The molecule has 140 valence electrons. The van der Waals surface area contributed by atoms with Crippen LogP contribution in [0.2, 0.25) is 0 Å². The van der Waals surface area contributed by atoms with E-state index in [1.54, 1.807) is 11.8 Å². The molecule has 1 fully saturated rings. The summed E-state index contributed by atoms with van der Waals surface area (Å²) in [7, 11) is 0. The molecule has 2 aromatic heterocycles. The van der Waals surface area contributed by atoms with E-state index in [2.05, 4.69) is 20.6 Å². The van der Waals surface area contributed by atoms with Crippen molar-refractivity contribution in [2.45, 2.75) is 40.0 Å². The van der Waals surface area contributed by atoms with Crippen LogP contribution in [-0.4, -0.2) is 51.6 Å². The van der Waals surface area contributed by atoms with Gasteiger partial charge in [-0.25, -0.2) is 0 Å². The van der Waals surface area contributed by atoms with Gasteiger partial charge in [0.15, 0.2) is 5.82 Å². The zero-order valence-corrected chi connectivity index (χ0v) is 15.4. The van der Waals surface area contributed by atoms with Crippen molar-refractivity contribution in [1.29, 1.82) is 0 Å². The van der Waals surface area contributed by atoms with E-state index in [1.807, 2.05) is 13.8 Å². The van der Waals surface area contributed by atoms with Gasteiger partial charge in [-0.2, -0.15) is 4.98 Å². The molecule has 9 nitrogen and oxygen atoms in total. The van der Waals surface area contributed by atoms with E-state index in [0.29, 0.717) is 37.8 Å². The molecule has 0 saturated carbocycles. The lowest BCUT2D eigenvalue weighted by Crippen LogP contribution is -2.36. The second kappa shape index (κ2) is 7.27. The molecule has 26 heavy (non-hydrogen) atoms. The standard InChI is InChI=1S/C17H23N5O4/c1-9-13(10(2)25-20-9)5-6-18-16(24)14-7-22(12(4)23)8-15(14)17-19-11(3)21-26-17/h14-15H,5-8H2,1-4H3,(H,18,24). The average molecular weight is 361 g/mol. The highest BCUT2D eigenvalue weighted by molar-refractivity contribution is 5.82. The summed E-state index contributed by atoms with van der Waals surface area (Å²) >= 11 is 0. The molecule has 9 heteroatoms. The number of carbonyl (C=O) groups excluding carboxylic acids is 2. The maximum Gasteiger partial charge on any atom is 0.232 e. The summed E-state index contributed by atoms with van der Waals surface area (Å²) in [5.74, 6) is 0.775. The molecule has 2 amide bonds. The molecule has 0 spiro atoms. The predicted octanol–water partition coefficient (Wildman–Crippen LogP) is 0.904. The van der Waals surface area contributed by atoms with Gasteiger partial charge in [0.2, 0.25) is 17.7 Å². The Kier molecular flexibility index (Phi) is 5.06. The van der Waals surface area contributed by atoms with Crippen LogP contribution < -0.4 is 5.32 Å². The predicted molar refractivity (Wildman–Crippen MR) is 90.2 cm³/mol. The molecule has 0 radical (unpaired) electrons. The molecule has 2 aromatic rings. The van der Waals surface area contributed by atoms with Crippen LogP contribution in [0.4, 0.5) is 0 Å². The second-order valence-electron chi connectivity index (χ2n) is 6.66. The average Bonchev–Trinajstić information content (AvgIpc) is 3.28. The number of amides is 2. The van der Waals surface area contributed by atoms with Crippen molar-refractivity contribution >= 4 is 11.8 Å². The number of aryl methyl sites for hydroxylation is 3. The minimum atomic E-state index is -0.414. The zero-order chi connectivity index (χ0) is 18.8. The highest BCUT2D eigenvalue weighted by atomic mass is 16.5. The van der Waals surface area contributed by atoms with Gasteiger partial charge < -0.3 is 19.3 Å². The van der Waals surface area contributed by atoms with Crippen LogP contribution in [0.5, 0.6) is 0 Å². The summed E-state index contributed by atoms with van der Waals surface area (Å²) in [5, 5.41) is 10.7. The molecular formula is C17H23N5O4. The molecule has 1 N–H and O–H groups in total. The van der Waals surface area contributed by atoms with E-state index >= 15 is 0 Å². The summed E-state index contributed by atoms with van der Waals surface area (Å²) in [6.07, 6.45) is 0.639. The first-order chi connectivity index (χ1) is 12.4. The quantitative estimate of drug-likeness (QED) is 0.841. The summed E-state index contributed by atoms with van der Waals surface area (Å²) in [5.41, 5.74) is 1.84. The smallest absolute Gasteiger partial charge is 0.232 e. The normalized spacial score (nSPS) is 19.8. The molecule has 2 atom stereocenters. The molecule has 3 rings (SSSR count). The molecule has 1 aliphatic heterocycles. The van der Waals surface area contributed by atoms with Crippen molar-refractivity contribution in [2.24, 2.45) is 5.92 Å². The van der Waals surface area contributed by atoms with Crippen molar-refractivity contribution in [3.05, 3.63) is 28.7 Å². The molecular weight excluding hydrogens is 338 g/mol. The van der Waals surface area contributed by atoms with Gasteiger partial charge in [0.05, 0.1) is 17.5 Å². The van der Waals surface area contributed by atoms with Crippen LogP contribution >= 0.6 is 0 Å². The van der Waals surface area contributed by atoms with Gasteiger partial charge in [-0.1, -0.05) is 10.3 Å². The molecule has 3 heterocycles. The van der Waals surface area contributed by atoms with Crippen LogP contribution in [0, 0.1) is 26.7 Å². The minimum absolute atomic E-state index is 0.0720. The number of nitrogens with one attached hydrogen (secondary N) is 1. The number of carbonyl (C=O) groups is 2. The lowest BCUT2D eigenvalue weighted by atomic mass is 9.95. The molecule has 0 aliphatic carbocycles. The van der Waals surface area contributed by atoms with E-state index in [9.17, 15) is 9.59 Å². The van der Waals surface area contributed by atoms with Crippen LogP contribution in [0.3, 0.4) is 0 Å². The van der Waals surface area contributed by atoms with Crippen molar-refractivity contribution < 1.29 is 18.6 Å². The van der Waals surface area contributed by atoms with Crippen molar-refractivity contribution in [3.63, 3.8) is 0 Å². The summed E-state index contributed by atoms with van der Waals surface area (Å²) in [6, 6.07) is 0. The number of aromatic nitrogens is 3. The summed E-state index contributed by atoms with van der Waals surface area (Å²) < 4.78 is 10.4. The zero-order valence-electron chi connectivity index (χ0n) is 15.4. The van der Waals surface area contributed by atoms with Gasteiger partial charge >= 0.3 is 0 Å². The van der Waals surface area contributed by atoms with Gasteiger partial charge in [-0.3, -0.25) is 9.59 Å². The third-order valence-corrected chi connectivity index (χ3v) is 4.82. The largest absolute Gasteiger partial charge is 0.361 e. The maximum absolute atomic E-state index is 12.7. The first-order valence-corrected chi connectivity index (χ1v) is 8.62. The molecule has 1 saturated heterocycles. The molecule has 1 aliphatic rings. The van der Waals surface area contributed by atoms with Gasteiger partial charge in [-0.15, -0.1) is 0 Å². The van der Waals surface area contributed by atoms with Gasteiger partial charge in [0.1, 0.15) is 5.76 Å². The Morgan fingerprint density at radius 3 is 2.54 bits per heavy atom. The summed E-state index contributed by atoms with van der Waals surface area (Å²) in [4.78, 5) is 30.4. The molecule has 0 aromatic carbocycles. The monoisotopic (exact) mass is 361 g/mol. The van der Waals surface area contributed by atoms with E-state index in [0.717, 1.165) is 17.0 Å². The van der Waals surface area contributed by atoms with E-state index in [1.165, 1.54) is 6.92 Å². The SMILES string of the molecule is CC(=O)N1CC(C(=O)NCCc2c(C)noc2C)C(c2nc(C)no2)C1. The van der Waals surface area contributed by atoms with Crippen molar-refractivity contribution in [2.75, 3.05) is 19.6 Å². The van der Waals surface area contributed by atoms with Crippen LogP contribution in [0.25, 0.3) is 0 Å². The van der Waals surface area contributed by atoms with Gasteiger partial charge in [0, 0.05) is 32.1 Å². The topological polar surface area (TPSA) is 114 Å². The van der Waals surface area contributed by atoms with E-state index in [-0.39, 0.29) is 17.7 Å². The highest BCUT2D eigenvalue weighted by Crippen LogP contribution is 2.32. The van der Waals surface area contributed by atoms with Crippen LogP contribution in [-0.2, 0) is 16.0 Å². The van der Waals surface area contributed by atoms with Gasteiger partial charge in [0.25, 0.3) is 0 Å². The Balaban J connectivity index is 1.66. The minimum Gasteiger partial charge on any atom is -0.361 e.